The second kappa shape index (κ2) is 4.04. The second-order valence-electron chi connectivity index (χ2n) is 2.34. The van der Waals surface area contributed by atoms with E-state index in [-0.39, 0.29) is 10.7 Å². The highest BCUT2D eigenvalue weighted by molar-refractivity contribution is 9.10. The third-order valence-electron chi connectivity index (χ3n) is 1.40. The number of nitrogens with two attached hydrogens (primary N) is 1. The van der Waals surface area contributed by atoms with Crippen molar-refractivity contribution in [1.29, 1.82) is 0 Å². The lowest BCUT2D eigenvalue weighted by Gasteiger charge is -2.07. The lowest BCUT2D eigenvalue weighted by molar-refractivity contribution is -0.138. The Morgan fingerprint density at radius 3 is 2.85 bits per heavy atom. The van der Waals surface area contributed by atoms with Crippen LogP contribution in [-0.2, 0) is 4.79 Å². The van der Waals surface area contributed by atoms with Crippen molar-refractivity contribution in [3.8, 4) is 0 Å². The molecule has 0 amide bonds. The molecule has 1 aromatic heterocycles. The molecular formula is C7H6BrClN2O2. The first-order valence-electron chi connectivity index (χ1n) is 3.31. The molecule has 0 saturated carbocycles. The van der Waals surface area contributed by atoms with Gasteiger partial charge >= 0.3 is 5.97 Å². The number of hydrogen-bond acceptors (Lipinski definition) is 3. The molecule has 0 aromatic carbocycles. The minimum absolute atomic E-state index is 0.164. The number of nitrogens with zero attached hydrogens (tertiary/aromatic N) is 1. The van der Waals surface area contributed by atoms with Gasteiger partial charge in [0.15, 0.2) is 0 Å². The van der Waals surface area contributed by atoms with E-state index in [1.165, 1.54) is 6.20 Å². The summed E-state index contributed by atoms with van der Waals surface area (Å²) in [7, 11) is 0. The van der Waals surface area contributed by atoms with Crippen molar-refractivity contribution in [3.05, 3.63) is 27.5 Å². The van der Waals surface area contributed by atoms with Crippen molar-refractivity contribution in [2.75, 3.05) is 0 Å². The van der Waals surface area contributed by atoms with Crippen LogP contribution in [0, 0.1) is 0 Å². The van der Waals surface area contributed by atoms with Gasteiger partial charge in [-0.2, -0.15) is 0 Å². The molecule has 0 aliphatic carbocycles. The van der Waals surface area contributed by atoms with Crippen molar-refractivity contribution >= 4 is 33.5 Å². The molecule has 0 spiro atoms. The van der Waals surface area contributed by atoms with Gasteiger partial charge in [-0.05, 0) is 22.0 Å². The Balaban J connectivity index is 3.08. The highest BCUT2D eigenvalue weighted by Gasteiger charge is 2.18. The number of aliphatic carboxylic acids is 1. The molecule has 70 valence electrons. The fraction of sp³-hybridized carbons (Fsp3) is 0.143. The van der Waals surface area contributed by atoms with Crippen molar-refractivity contribution in [1.82, 2.24) is 4.98 Å². The molecule has 0 saturated heterocycles. The molecule has 6 heteroatoms. The predicted molar refractivity (Wildman–Crippen MR) is 51.5 cm³/mol. The smallest absolute Gasteiger partial charge is 0.326 e. The first-order chi connectivity index (χ1) is 6.02. The first kappa shape index (κ1) is 10.4. The van der Waals surface area contributed by atoms with E-state index in [9.17, 15) is 4.79 Å². The minimum atomic E-state index is -1.18. The number of pyridine rings is 1. The maximum absolute atomic E-state index is 10.5. The fourth-order valence-corrected chi connectivity index (χ4v) is 1.52. The normalized spacial score (nSPS) is 12.5. The molecule has 4 nitrogen and oxygen atoms in total. The van der Waals surface area contributed by atoms with E-state index in [4.69, 9.17) is 22.4 Å². The Morgan fingerprint density at radius 2 is 2.38 bits per heavy atom. The maximum Gasteiger partial charge on any atom is 0.326 e. The summed E-state index contributed by atoms with van der Waals surface area (Å²) in [5, 5.41) is 8.83. The molecule has 13 heavy (non-hydrogen) atoms. The zero-order valence-corrected chi connectivity index (χ0v) is 8.71. The summed E-state index contributed by atoms with van der Waals surface area (Å²) in [4.78, 5) is 14.3. The number of aromatic nitrogens is 1. The Bertz CT molecular complexity index is 345. The van der Waals surface area contributed by atoms with Crippen LogP contribution >= 0.6 is 27.5 Å². The number of rotatable bonds is 2. The molecule has 1 aromatic rings. The van der Waals surface area contributed by atoms with Crippen LogP contribution in [0.3, 0.4) is 0 Å². The van der Waals surface area contributed by atoms with Crippen LogP contribution in [0.1, 0.15) is 11.7 Å². The van der Waals surface area contributed by atoms with Gasteiger partial charge in [0.05, 0.1) is 10.7 Å². The van der Waals surface area contributed by atoms with Gasteiger partial charge in [0.25, 0.3) is 0 Å². The molecular weight excluding hydrogens is 259 g/mol. The van der Waals surface area contributed by atoms with E-state index in [0.717, 1.165) is 0 Å². The van der Waals surface area contributed by atoms with Crippen molar-refractivity contribution in [2.45, 2.75) is 6.04 Å². The average molecular weight is 265 g/mol. The van der Waals surface area contributed by atoms with E-state index in [0.29, 0.717) is 4.47 Å². The fourth-order valence-electron chi connectivity index (χ4n) is 0.771. The van der Waals surface area contributed by atoms with Gasteiger partial charge in [0.1, 0.15) is 6.04 Å². The van der Waals surface area contributed by atoms with Crippen LogP contribution in [0.4, 0.5) is 0 Å². The average Bonchev–Trinajstić information content (AvgIpc) is 2.03. The van der Waals surface area contributed by atoms with Crippen LogP contribution in [0.5, 0.6) is 0 Å². The Morgan fingerprint density at radius 1 is 1.77 bits per heavy atom. The number of carboxylic acids is 1. The molecule has 0 aliphatic heterocycles. The van der Waals surface area contributed by atoms with Gasteiger partial charge in [-0.15, -0.1) is 0 Å². The van der Waals surface area contributed by atoms with Crippen molar-refractivity contribution < 1.29 is 9.90 Å². The van der Waals surface area contributed by atoms with Crippen LogP contribution in [0.15, 0.2) is 16.7 Å². The molecule has 1 heterocycles. The van der Waals surface area contributed by atoms with E-state index in [1.54, 1.807) is 6.07 Å². The van der Waals surface area contributed by atoms with Gasteiger partial charge < -0.3 is 10.8 Å². The van der Waals surface area contributed by atoms with Gasteiger partial charge in [-0.25, -0.2) is 0 Å². The summed E-state index contributed by atoms with van der Waals surface area (Å²) in [5.41, 5.74) is 5.49. The third kappa shape index (κ3) is 2.40. The second-order valence-corrected chi connectivity index (χ2v) is 3.66. The molecule has 0 aliphatic rings. The van der Waals surface area contributed by atoms with Gasteiger partial charge in [-0.3, -0.25) is 9.78 Å². The quantitative estimate of drug-likeness (QED) is 0.851. The van der Waals surface area contributed by atoms with Crippen LogP contribution in [0.2, 0.25) is 5.02 Å². The molecule has 0 bridgehead atoms. The molecule has 0 radical (unpaired) electrons. The van der Waals surface area contributed by atoms with E-state index >= 15 is 0 Å². The van der Waals surface area contributed by atoms with Gasteiger partial charge in [0.2, 0.25) is 0 Å². The van der Waals surface area contributed by atoms with E-state index in [2.05, 4.69) is 20.9 Å². The molecule has 3 N–H and O–H groups in total. The molecule has 1 atom stereocenters. The zero-order valence-electron chi connectivity index (χ0n) is 6.37. The molecule has 0 unspecified atom stereocenters. The monoisotopic (exact) mass is 264 g/mol. The largest absolute Gasteiger partial charge is 0.480 e. The number of halogens is 2. The van der Waals surface area contributed by atoms with Crippen LogP contribution in [0.25, 0.3) is 0 Å². The number of hydrogen-bond donors (Lipinski definition) is 2. The summed E-state index contributed by atoms with van der Waals surface area (Å²) >= 11 is 8.88. The van der Waals surface area contributed by atoms with E-state index in [1.807, 2.05) is 0 Å². The first-order valence-corrected chi connectivity index (χ1v) is 4.49. The summed E-state index contributed by atoms with van der Waals surface area (Å²) < 4.78 is 0.679. The summed E-state index contributed by atoms with van der Waals surface area (Å²) in [6, 6.07) is 0.368. The Hall–Kier alpha value is -0.650. The summed E-state index contributed by atoms with van der Waals surface area (Å²) in [6.45, 7) is 0. The predicted octanol–water partition coefficient (Wildman–Crippen LogP) is 1.58. The SMILES string of the molecule is N[C@H](C(=O)O)c1ncc(Br)cc1Cl. The maximum atomic E-state index is 10.5. The van der Waals surface area contributed by atoms with Crippen molar-refractivity contribution in [2.24, 2.45) is 5.73 Å². The van der Waals surface area contributed by atoms with Crippen LogP contribution in [-0.4, -0.2) is 16.1 Å². The Labute approximate surface area is 87.8 Å². The molecule has 0 fully saturated rings. The lowest BCUT2D eigenvalue weighted by Crippen LogP contribution is -2.22. The molecule has 1 rings (SSSR count). The van der Waals surface area contributed by atoms with Gasteiger partial charge in [0, 0.05) is 10.7 Å². The number of carbonyl (C=O) groups is 1. The number of carboxylic acid groups (broad SMARTS) is 1. The zero-order chi connectivity index (χ0) is 10.0. The Kier molecular flexibility index (Phi) is 3.24. The lowest BCUT2D eigenvalue weighted by atomic mass is 10.2. The third-order valence-corrected chi connectivity index (χ3v) is 2.13. The van der Waals surface area contributed by atoms with E-state index < -0.39 is 12.0 Å². The van der Waals surface area contributed by atoms with Gasteiger partial charge in [-0.1, -0.05) is 11.6 Å². The standard InChI is InChI=1S/C7H6BrClN2O2/c8-3-1-4(9)6(11-2-3)5(10)7(12)13/h1-2,5H,10H2,(H,12,13)/t5-/m0/s1. The summed E-state index contributed by atoms with van der Waals surface area (Å²) in [6.07, 6.45) is 1.45. The van der Waals surface area contributed by atoms with Crippen LogP contribution < -0.4 is 5.73 Å². The summed E-state index contributed by atoms with van der Waals surface area (Å²) in [5.74, 6) is -1.16. The minimum Gasteiger partial charge on any atom is -0.480 e. The highest BCUT2D eigenvalue weighted by Crippen LogP contribution is 2.22. The van der Waals surface area contributed by atoms with Crippen molar-refractivity contribution in [3.63, 3.8) is 0 Å². The topological polar surface area (TPSA) is 76.2 Å². The highest BCUT2D eigenvalue weighted by atomic mass is 79.9.